The molecule has 1 atom stereocenters. The summed E-state index contributed by atoms with van der Waals surface area (Å²) in [4.78, 5) is 26.6. The lowest BCUT2D eigenvalue weighted by Gasteiger charge is -2.25. The van der Waals surface area contributed by atoms with E-state index in [-0.39, 0.29) is 22.4 Å². The Morgan fingerprint density at radius 2 is 1.65 bits per heavy atom. The maximum Gasteiger partial charge on any atom is 0.338 e. The van der Waals surface area contributed by atoms with E-state index >= 15 is 0 Å². The maximum absolute atomic E-state index is 12.9. The van der Waals surface area contributed by atoms with E-state index in [0.717, 1.165) is 5.56 Å². The molecule has 7 nitrogen and oxygen atoms in total. The van der Waals surface area contributed by atoms with Gasteiger partial charge in [0.2, 0.25) is 10.0 Å². The normalized spacial score (nSPS) is 12.5. The number of rotatable bonds is 9. The van der Waals surface area contributed by atoms with E-state index in [2.05, 4.69) is 0 Å². The summed E-state index contributed by atoms with van der Waals surface area (Å²) in [5.74, 6) is -1.10. The minimum absolute atomic E-state index is 0.0618. The van der Waals surface area contributed by atoms with Crippen molar-refractivity contribution in [1.29, 1.82) is 0 Å². The standard InChI is InChI=1S/C23H30N2O5S/c1-6-25(7-2)31(28,29)21-15-20(14-13-17(21)3)23(27)30-16-22(26)24(5)18(4)19-11-9-8-10-12-19/h8-15,18H,6-7,16H2,1-5H3. The number of benzene rings is 2. The first-order chi connectivity index (χ1) is 14.6. The van der Waals surface area contributed by atoms with Crippen LogP contribution in [0.5, 0.6) is 0 Å². The van der Waals surface area contributed by atoms with Crippen LogP contribution in [0.2, 0.25) is 0 Å². The van der Waals surface area contributed by atoms with Crippen LogP contribution in [0.1, 0.15) is 48.3 Å². The summed E-state index contributed by atoms with van der Waals surface area (Å²) in [6, 6.07) is 13.7. The number of nitrogens with zero attached hydrogens (tertiary/aromatic N) is 2. The fourth-order valence-electron chi connectivity index (χ4n) is 3.19. The SMILES string of the molecule is CCN(CC)S(=O)(=O)c1cc(C(=O)OCC(=O)N(C)C(C)c2ccccc2)ccc1C. The molecule has 1 amide bonds. The van der Waals surface area contributed by atoms with Gasteiger partial charge in [-0.25, -0.2) is 13.2 Å². The molecule has 168 valence electrons. The molecule has 2 rings (SSSR count). The third-order valence-corrected chi connectivity index (χ3v) is 7.52. The Bertz CT molecular complexity index is 1020. The van der Waals surface area contributed by atoms with E-state index in [1.54, 1.807) is 33.9 Å². The van der Waals surface area contributed by atoms with E-state index < -0.39 is 22.6 Å². The van der Waals surface area contributed by atoms with Crippen molar-refractivity contribution in [3.8, 4) is 0 Å². The lowest BCUT2D eigenvalue weighted by molar-refractivity contribution is -0.135. The van der Waals surface area contributed by atoms with E-state index in [1.165, 1.54) is 21.3 Å². The number of hydrogen-bond acceptors (Lipinski definition) is 5. The van der Waals surface area contributed by atoms with Crippen molar-refractivity contribution in [2.75, 3.05) is 26.7 Å². The Balaban J connectivity index is 2.11. The topological polar surface area (TPSA) is 84.0 Å². The van der Waals surface area contributed by atoms with E-state index in [0.29, 0.717) is 18.7 Å². The van der Waals surface area contributed by atoms with Gasteiger partial charge in [0.15, 0.2) is 6.61 Å². The summed E-state index contributed by atoms with van der Waals surface area (Å²) >= 11 is 0. The van der Waals surface area contributed by atoms with Gasteiger partial charge in [0.1, 0.15) is 0 Å². The highest BCUT2D eigenvalue weighted by Crippen LogP contribution is 2.22. The minimum atomic E-state index is -3.72. The molecular weight excluding hydrogens is 416 g/mol. The highest BCUT2D eigenvalue weighted by atomic mass is 32.2. The molecule has 0 aliphatic carbocycles. The van der Waals surface area contributed by atoms with E-state index in [4.69, 9.17) is 4.74 Å². The van der Waals surface area contributed by atoms with E-state index in [1.807, 2.05) is 37.3 Å². The van der Waals surface area contributed by atoms with Crippen LogP contribution in [0.25, 0.3) is 0 Å². The van der Waals surface area contributed by atoms with E-state index in [9.17, 15) is 18.0 Å². The molecule has 2 aromatic carbocycles. The van der Waals surface area contributed by atoms with Crippen LogP contribution < -0.4 is 0 Å². The number of likely N-dealkylation sites (N-methyl/N-ethyl adjacent to an activating group) is 1. The Kier molecular flexibility index (Phi) is 8.36. The van der Waals surface area contributed by atoms with Crippen molar-refractivity contribution in [3.63, 3.8) is 0 Å². The smallest absolute Gasteiger partial charge is 0.338 e. The molecule has 0 radical (unpaired) electrons. The third kappa shape index (κ3) is 5.71. The fourth-order valence-corrected chi connectivity index (χ4v) is 4.90. The Hall–Kier alpha value is -2.71. The van der Waals surface area contributed by atoms with Gasteiger partial charge in [-0.05, 0) is 37.1 Å². The van der Waals surface area contributed by atoms with Crippen molar-refractivity contribution < 1.29 is 22.7 Å². The average Bonchev–Trinajstić information content (AvgIpc) is 2.77. The fraction of sp³-hybridized carbons (Fsp3) is 0.391. The molecule has 0 aliphatic heterocycles. The first-order valence-electron chi connectivity index (χ1n) is 10.2. The molecule has 0 N–H and O–H groups in total. The largest absolute Gasteiger partial charge is 0.452 e. The van der Waals surface area contributed by atoms with Gasteiger partial charge in [0.25, 0.3) is 5.91 Å². The molecule has 0 heterocycles. The Labute approximate surface area is 184 Å². The second-order valence-corrected chi connectivity index (χ2v) is 9.14. The van der Waals surface area contributed by atoms with Crippen LogP contribution in [0.15, 0.2) is 53.4 Å². The van der Waals surface area contributed by atoms with Crippen molar-refractivity contribution in [3.05, 3.63) is 65.2 Å². The van der Waals surface area contributed by atoms with Crippen LogP contribution in [-0.2, 0) is 19.6 Å². The number of carbonyl (C=O) groups excluding carboxylic acids is 2. The zero-order valence-electron chi connectivity index (χ0n) is 18.7. The number of ether oxygens (including phenoxy) is 1. The summed E-state index contributed by atoms with van der Waals surface area (Å²) in [7, 11) is -2.08. The molecule has 0 bridgehead atoms. The number of hydrogen-bond donors (Lipinski definition) is 0. The van der Waals surface area contributed by atoms with Crippen LogP contribution >= 0.6 is 0 Å². The van der Waals surface area contributed by atoms with Crippen LogP contribution in [0.3, 0.4) is 0 Å². The molecule has 0 aliphatic rings. The molecular formula is C23H30N2O5S. The number of sulfonamides is 1. The molecule has 8 heteroatoms. The first-order valence-corrected chi connectivity index (χ1v) is 11.7. The molecule has 0 spiro atoms. The molecule has 2 aromatic rings. The monoisotopic (exact) mass is 446 g/mol. The van der Waals surface area contributed by atoms with Crippen molar-refractivity contribution >= 4 is 21.9 Å². The van der Waals surface area contributed by atoms with Crippen molar-refractivity contribution in [2.24, 2.45) is 0 Å². The Morgan fingerprint density at radius 3 is 2.23 bits per heavy atom. The van der Waals surface area contributed by atoms with Gasteiger partial charge in [-0.15, -0.1) is 0 Å². The van der Waals surface area contributed by atoms with Crippen LogP contribution in [0, 0.1) is 6.92 Å². The predicted octanol–water partition coefficient (Wildman–Crippen LogP) is 3.40. The predicted molar refractivity (Wildman–Crippen MR) is 119 cm³/mol. The van der Waals surface area contributed by atoms with Gasteiger partial charge in [0.05, 0.1) is 16.5 Å². The second-order valence-electron chi connectivity index (χ2n) is 7.24. The number of amides is 1. The van der Waals surface area contributed by atoms with Crippen molar-refractivity contribution in [2.45, 2.75) is 38.6 Å². The Morgan fingerprint density at radius 1 is 1.03 bits per heavy atom. The molecule has 0 fully saturated rings. The highest BCUT2D eigenvalue weighted by molar-refractivity contribution is 7.89. The molecule has 0 aromatic heterocycles. The van der Waals surface area contributed by atoms with Crippen LogP contribution in [-0.4, -0.2) is 56.2 Å². The van der Waals surface area contributed by atoms with Gasteiger partial charge in [-0.1, -0.05) is 50.2 Å². The molecule has 0 saturated heterocycles. The quantitative estimate of drug-likeness (QED) is 0.551. The summed E-state index contributed by atoms with van der Waals surface area (Å²) in [5, 5.41) is 0. The minimum Gasteiger partial charge on any atom is -0.452 e. The zero-order valence-corrected chi connectivity index (χ0v) is 19.5. The van der Waals surface area contributed by atoms with Gasteiger partial charge >= 0.3 is 5.97 Å². The summed E-state index contributed by atoms with van der Waals surface area (Å²) in [5.41, 5.74) is 1.59. The number of aryl methyl sites for hydroxylation is 1. The first kappa shape index (κ1) is 24.6. The second kappa shape index (κ2) is 10.5. The van der Waals surface area contributed by atoms with Gasteiger partial charge in [-0.2, -0.15) is 4.31 Å². The van der Waals surface area contributed by atoms with Gasteiger partial charge in [-0.3, -0.25) is 4.79 Å². The summed E-state index contributed by atoms with van der Waals surface area (Å²) in [6.07, 6.45) is 0. The molecule has 31 heavy (non-hydrogen) atoms. The zero-order chi connectivity index (χ0) is 23.2. The molecule has 0 saturated carbocycles. The lowest BCUT2D eigenvalue weighted by atomic mass is 10.1. The third-order valence-electron chi connectivity index (χ3n) is 5.33. The summed E-state index contributed by atoms with van der Waals surface area (Å²) in [6.45, 7) is 7.30. The van der Waals surface area contributed by atoms with Crippen molar-refractivity contribution in [1.82, 2.24) is 9.21 Å². The number of esters is 1. The lowest BCUT2D eigenvalue weighted by Crippen LogP contribution is -2.33. The van der Waals surface area contributed by atoms with Gasteiger partial charge in [0, 0.05) is 20.1 Å². The average molecular weight is 447 g/mol. The highest BCUT2D eigenvalue weighted by Gasteiger charge is 2.25. The number of carbonyl (C=O) groups is 2. The molecule has 1 unspecified atom stereocenters. The van der Waals surface area contributed by atoms with Crippen LogP contribution in [0.4, 0.5) is 0 Å². The summed E-state index contributed by atoms with van der Waals surface area (Å²) < 4.78 is 32.2. The van der Waals surface area contributed by atoms with Gasteiger partial charge < -0.3 is 9.64 Å². The maximum atomic E-state index is 12.9.